The molecule has 18 heavy (non-hydrogen) atoms. The number of halogens is 1. The molecule has 1 aliphatic heterocycles. The molecule has 0 aromatic heterocycles. The summed E-state index contributed by atoms with van der Waals surface area (Å²) in [5.41, 5.74) is -0.779. The standard InChI is InChI=1S/C7H4ClN3O5S.Ag/c8-4-3(6(12)13)1-2-7(17(14,15)16)5(4)9-11-10-7;/h1-2H,(H,12,13)(H,14,15,16);. The van der Waals surface area contributed by atoms with E-state index in [0.717, 1.165) is 12.2 Å². The van der Waals surface area contributed by atoms with Crippen LogP contribution in [0.25, 0.3) is 0 Å². The van der Waals surface area contributed by atoms with Gasteiger partial charge in [-0.25, -0.2) is 4.79 Å². The first kappa shape index (κ1) is 15.2. The third-order valence-corrected chi connectivity index (χ3v) is 3.80. The predicted molar refractivity (Wildman–Crippen MR) is 56.2 cm³/mol. The largest absolute Gasteiger partial charge is 0.478 e. The number of hydrogen-bond acceptors (Lipinski definition) is 6. The van der Waals surface area contributed by atoms with Crippen molar-refractivity contribution in [2.24, 2.45) is 15.4 Å². The number of rotatable bonds is 2. The van der Waals surface area contributed by atoms with Gasteiger partial charge < -0.3 is 5.11 Å². The van der Waals surface area contributed by atoms with Crippen LogP contribution < -0.4 is 0 Å². The summed E-state index contributed by atoms with van der Waals surface area (Å²) in [6.07, 6.45) is 1.80. The van der Waals surface area contributed by atoms with Crippen molar-refractivity contribution in [1.29, 1.82) is 0 Å². The molecule has 1 radical (unpaired) electrons. The fourth-order valence-electron chi connectivity index (χ4n) is 1.39. The molecular weight excluding hydrogens is 381 g/mol. The zero-order valence-corrected chi connectivity index (χ0v) is 11.3. The van der Waals surface area contributed by atoms with Crippen LogP contribution in [0.4, 0.5) is 0 Å². The Balaban J connectivity index is 0.00000162. The van der Waals surface area contributed by atoms with E-state index in [1.165, 1.54) is 0 Å². The van der Waals surface area contributed by atoms with Crippen molar-refractivity contribution in [2.45, 2.75) is 4.87 Å². The van der Waals surface area contributed by atoms with Gasteiger partial charge in [-0.1, -0.05) is 11.6 Å². The van der Waals surface area contributed by atoms with Gasteiger partial charge in [-0.15, -0.1) is 10.2 Å². The van der Waals surface area contributed by atoms with Gasteiger partial charge in [0.1, 0.15) is 5.71 Å². The first-order chi connectivity index (χ1) is 7.79. The molecule has 11 heteroatoms. The van der Waals surface area contributed by atoms with Crippen molar-refractivity contribution in [3.8, 4) is 0 Å². The average Bonchev–Trinajstić information content (AvgIpc) is 2.62. The molecule has 2 aliphatic rings. The van der Waals surface area contributed by atoms with Crippen LogP contribution in [0.3, 0.4) is 0 Å². The molecule has 0 aromatic rings. The van der Waals surface area contributed by atoms with Gasteiger partial charge in [-0.2, -0.15) is 8.42 Å². The molecule has 1 atom stereocenters. The fourth-order valence-corrected chi connectivity index (χ4v) is 2.54. The number of carboxylic acid groups (broad SMARTS) is 1. The van der Waals surface area contributed by atoms with E-state index in [2.05, 4.69) is 15.4 Å². The topological polar surface area (TPSA) is 129 Å². The molecule has 0 saturated heterocycles. The van der Waals surface area contributed by atoms with Gasteiger partial charge in [0.2, 0.25) is 0 Å². The minimum Gasteiger partial charge on any atom is -0.478 e. The van der Waals surface area contributed by atoms with Crippen LogP contribution >= 0.6 is 11.6 Å². The Bertz CT molecular complexity index is 637. The maximum Gasteiger partial charge on any atom is 0.337 e. The van der Waals surface area contributed by atoms with Gasteiger partial charge in [-0.3, -0.25) is 4.55 Å². The summed E-state index contributed by atoms with van der Waals surface area (Å²) in [5.74, 6) is -1.36. The van der Waals surface area contributed by atoms with Crippen molar-refractivity contribution in [1.82, 2.24) is 0 Å². The Hall–Kier alpha value is -0.840. The smallest absolute Gasteiger partial charge is 0.337 e. The molecule has 101 valence electrons. The first-order valence-electron chi connectivity index (χ1n) is 4.09. The minimum absolute atomic E-state index is 0. The summed E-state index contributed by atoms with van der Waals surface area (Å²) in [4.78, 5) is 8.55. The number of nitrogens with zero attached hydrogens (tertiary/aromatic N) is 3. The predicted octanol–water partition coefficient (Wildman–Crippen LogP) is 0.537. The first-order valence-corrected chi connectivity index (χ1v) is 5.91. The van der Waals surface area contributed by atoms with E-state index in [1.807, 2.05) is 0 Å². The van der Waals surface area contributed by atoms with Crippen LogP contribution in [0.5, 0.6) is 0 Å². The Labute approximate surface area is 121 Å². The summed E-state index contributed by atoms with van der Waals surface area (Å²) < 4.78 is 31.6. The summed E-state index contributed by atoms with van der Waals surface area (Å²) in [6.45, 7) is 0. The number of aliphatic carboxylic acids is 1. The van der Waals surface area contributed by atoms with E-state index in [1.54, 1.807) is 0 Å². The third-order valence-electron chi connectivity index (χ3n) is 2.22. The number of carboxylic acids is 1. The zero-order valence-electron chi connectivity index (χ0n) is 8.20. The van der Waals surface area contributed by atoms with Gasteiger partial charge in [-0.05, 0) is 17.4 Å². The number of fused-ring (bicyclic) bond motifs is 1. The summed E-state index contributed by atoms with van der Waals surface area (Å²) in [6, 6.07) is 0. The minimum atomic E-state index is -4.70. The summed E-state index contributed by atoms with van der Waals surface area (Å²) >= 11 is 5.70. The Kier molecular flexibility index (Phi) is 3.96. The monoisotopic (exact) mass is 384 g/mol. The van der Waals surface area contributed by atoms with Gasteiger partial charge in [0.15, 0.2) is 0 Å². The van der Waals surface area contributed by atoms with Gasteiger partial charge in [0.05, 0.1) is 10.6 Å². The molecule has 0 saturated carbocycles. The van der Waals surface area contributed by atoms with Crippen LogP contribution in [-0.2, 0) is 37.3 Å². The molecule has 8 nitrogen and oxygen atoms in total. The van der Waals surface area contributed by atoms with Crippen LogP contribution in [0.1, 0.15) is 0 Å². The second-order valence-electron chi connectivity index (χ2n) is 3.18. The van der Waals surface area contributed by atoms with E-state index in [0.29, 0.717) is 0 Å². The van der Waals surface area contributed by atoms with Crippen molar-refractivity contribution in [3.05, 3.63) is 22.8 Å². The Morgan fingerprint density at radius 2 is 2.06 bits per heavy atom. The molecule has 1 unspecified atom stereocenters. The molecule has 1 heterocycles. The molecule has 0 aromatic carbocycles. The van der Waals surface area contributed by atoms with Gasteiger partial charge in [0, 0.05) is 22.4 Å². The fraction of sp³-hybridized carbons (Fsp3) is 0.143. The normalized spacial score (nSPS) is 25.6. The molecule has 1 aliphatic carbocycles. The Morgan fingerprint density at radius 1 is 1.44 bits per heavy atom. The molecule has 2 N–H and O–H groups in total. The molecule has 2 rings (SSSR count). The van der Waals surface area contributed by atoms with E-state index in [-0.39, 0.29) is 28.0 Å². The van der Waals surface area contributed by atoms with Gasteiger partial charge >= 0.3 is 16.1 Å². The zero-order chi connectivity index (χ0) is 12.8. The van der Waals surface area contributed by atoms with Crippen molar-refractivity contribution in [3.63, 3.8) is 0 Å². The van der Waals surface area contributed by atoms with E-state index in [4.69, 9.17) is 21.3 Å². The molecule has 0 bridgehead atoms. The summed E-state index contributed by atoms with van der Waals surface area (Å²) in [7, 11) is -4.70. The van der Waals surface area contributed by atoms with Gasteiger partial charge in [0.25, 0.3) is 4.87 Å². The second-order valence-corrected chi connectivity index (χ2v) is 5.13. The van der Waals surface area contributed by atoms with Crippen LogP contribution in [0.2, 0.25) is 0 Å². The maximum atomic E-state index is 11.3. The van der Waals surface area contributed by atoms with E-state index in [9.17, 15) is 13.2 Å². The SMILES string of the molecule is O=C(O)C1=C(Cl)C2=NN=NC2(S(=O)(=O)O)C=C1.[Ag]. The quantitative estimate of drug-likeness (QED) is 0.529. The number of hydrogen-bond donors (Lipinski definition) is 2. The Morgan fingerprint density at radius 3 is 2.56 bits per heavy atom. The molecule has 0 spiro atoms. The van der Waals surface area contributed by atoms with E-state index >= 15 is 0 Å². The third kappa shape index (κ3) is 1.98. The van der Waals surface area contributed by atoms with Crippen LogP contribution in [0, 0.1) is 0 Å². The number of carbonyl (C=O) groups is 1. The molecule has 0 fully saturated rings. The molecule has 0 amide bonds. The maximum absolute atomic E-state index is 11.3. The van der Waals surface area contributed by atoms with E-state index < -0.39 is 31.7 Å². The second kappa shape index (κ2) is 4.68. The van der Waals surface area contributed by atoms with Crippen molar-refractivity contribution < 1.29 is 45.3 Å². The average molecular weight is 386 g/mol. The van der Waals surface area contributed by atoms with Crippen molar-refractivity contribution in [2.75, 3.05) is 0 Å². The van der Waals surface area contributed by atoms with Crippen molar-refractivity contribution >= 4 is 33.4 Å². The van der Waals surface area contributed by atoms with Crippen LogP contribution in [0.15, 0.2) is 38.2 Å². The summed E-state index contributed by atoms with van der Waals surface area (Å²) in [5, 5.41) is 18.1. The molecular formula is C7H4AgClN3O5S. The van der Waals surface area contributed by atoms with Crippen LogP contribution in [-0.4, -0.2) is 34.6 Å².